The van der Waals surface area contributed by atoms with Gasteiger partial charge in [0.25, 0.3) is 0 Å². The van der Waals surface area contributed by atoms with Gasteiger partial charge in [-0.1, -0.05) is 0 Å². The fourth-order valence-electron chi connectivity index (χ4n) is 0.957. The molecular formula is C9H8F4S. The molecule has 0 nitrogen and oxygen atoms in total. The highest BCUT2D eigenvalue weighted by Gasteiger charge is 2.30. The van der Waals surface area contributed by atoms with Crippen LogP contribution < -0.4 is 0 Å². The minimum Gasteiger partial charge on any atom is -0.206 e. The molecule has 0 aliphatic heterocycles. The number of benzene rings is 1. The first-order chi connectivity index (χ1) is 6.29. The average Bonchev–Trinajstić information content (AvgIpc) is 1.97. The Morgan fingerprint density at radius 2 is 1.57 bits per heavy atom. The molecule has 1 rings (SSSR count). The second-order valence-corrected chi connectivity index (χ2v) is 4.02. The molecule has 0 atom stereocenters. The van der Waals surface area contributed by atoms with E-state index in [0.717, 1.165) is 6.07 Å². The van der Waals surface area contributed by atoms with Gasteiger partial charge in [-0.15, -0.1) is 0 Å². The van der Waals surface area contributed by atoms with Crippen LogP contribution >= 0.6 is 11.8 Å². The van der Waals surface area contributed by atoms with Gasteiger partial charge >= 0.3 is 5.51 Å². The molecule has 5 heteroatoms. The van der Waals surface area contributed by atoms with Gasteiger partial charge in [0.15, 0.2) is 0 Å². The van der Waals surface area contributed by atoms with E-state index in [1.807, 2.05) is 0 Å². The van der Waals surface area contributed by atoms with Crippen molar-refractivity contribution in [2.45, 2.75) is 24.3 Å². The summed E-state index contributed by atoms with van der Waals surface area (Å²) in [4.78, 5) is -0.374. The van der Waals surface area contributed by atoms with E-state index in [-0.39, 0.29) is 4.90 Å². The molecule has 0 saturated carbocycles. The summed E-state index contributed by atoms with van der Waals surface area (Å²) in [5.74, 6) is -0.824. The number of aryl methyl sites for hydroxylation is 2. The standard InChI is InChI=1S/C9H8F4S/c1-5-3-7(10)8(4-6(5)2)14-9(11,12)13/h3-4H,1-2H3. The molecule has 0 aromatic heterocycles. The first kappa shape index (κ1) is 11.4. The molecule has 0 N–H and O–H groups in total. The van der Waals surface area contributed by atoms with Crippen LogP contribution in [0.4, 0.5) is 17.6 Å². The van der Waals surface area contributed by atoms with Gasteiger partial charge in [-0.2, -0.15) is 13.2 Å². The number of hydrogen-bond acceptors (Lipinski definition) is 1. The fraction of sp³-hybridized carbons (Fsp3) is 0.333. The zero-order chi connectivity index (χ0) is 10.9. The molecule has 0 aliphatic rings. The van der Waals surface area contributed by atoms with E-state index in [1.165, 1.54) is 6.07 Å². The van der Waals surface area contributed by atoms with Crippen LogP contribution in [0, 0.1) is 19.7 Å². The maximum Gasteiger partial charge on any atom is 0.446 e. The quantitative estimate of drug-likeness (QED) is 0.512. The van der Waals surface area contributed by atoms with E-state index in [0.29, 0.717) is 11.1 Å². The summed E-state index contributed by atoms with van der Waals surface area (Å²) in [6, 6.07) is 2.33. The highest BCUT2D eigenvalue weighted by atomic mass is 32.2. The molecule has 0 spiro atoms. The topological polar surface area (TPSA) is 0 Å². The highest BCUT2D eigenvalue weighted by Crippen LogP contribution is 2.38. The summed E-state index contributed by atoms with van der Waals surface area (Å²) in [6.45, 7) is 3.30. The summed E-state index contributed by atoms with van der Waals surface area (Å²) in [7, 11) is 0. The van der Waals surface area contributed by atoms with Crippen LogP contribution in [0.3, 0.4) is 0 Å². The molecule has 0 unspecified atom stereocenters. The Morgan fingerprint density at radius 3 is 2.07 bits per heavy atom. The Bertz CT molecular complexity index is 343. The molecule has 0 heterocycles. The molecule has 78 valence electrons. The third kappa shape index (κ3) is 2.90. The van der Waals surface area contributed by atoms with Crippen molar-refractivity contribution in [1.29, 1.82) is 0 Å². The second-order valence-electron chi connectivity index (χ2n) is 2.91. The molecule has 0 saturated heterocycles. The van der Waals surface area contributed by atoms with Gasteiger partial charge in [0, 0.05) is 0 Å². The van der Waals surface area contributed by atoms with E-state index in [1.54, 1.807) is 13.8 Å². The molecule has 0 radical (unpaired) electrons. The highest BCUT2D eigenvalue weighted by molar-refractivity contribution is 8.00. The van der Waals surface area contributed by atoms with E-state index in [2.05, 4.69) is 0 Å². The van der Waals surface area contributed by atoms with E-state index >= 15 is 0 Å². The number of hydrogen-bond donors (Lipinski definition) is 0. The van der Waals surface area contributed by atoms with Crippen LogP contribution in [0.1, 0.15) is 11.1 Å². The largest absolute Gasteiger partial charge is 0.446 e. The van der Waals surface area contributed by atoms with Crippen molar-refractivity contribution in [1.82, 2.24) is 0 Å². The van der Waals surface area contributed by atoms with Crippen LogP contribution in [0.15, 0.2) is 17.0 Å². The zero-order valence-electron chi connectivity index (χ0n) is 7.57. The second kappa shape index (κ2) is 3.81. The van der Waals surface area contributed by atoms with E-state index in [9.17, 15) is 17.6 Å². The Balaban J connectivity index is 3.04. The van der Waals surface area contributed by atoms with Crippen molar-refractivity contribution in [3.63, 3.8) is 0 Å². The number of alkyl halides is 3. The molecular weight excluding hydrogens is 216 g/mol. The lowest BCUT2D eigenvalue weighted by atomic mass is 10.1. The summed E-state index contributed by atoms with van der Waals surface area (Å²) >= 11 is -0.425. The molecule has 0 aliphatic carbocycles. The lowest BCUT2D eigenvalue weighted by molar-refractivity contribution is -0.0329. The lowest BCUT2D eigenvalue weighted by Gasteiger charge is -2.08. The smallest absolute Gasteiger partial charge is 0.206 e. The van der Waals surface area contributed by atoms with Gasteiger partial charge in [-0.3, -0.25) is 0 Å². The summed E-state index contributed by atoms with van der Waals surface area (Å²) in [6.07, 6.45) is 0. The van der Waals surface area contributed by atoms with Gasteiger partial charge in [0.2, 0.25) is 0 Å². The third-order valence-electron chi connectivity index (χ3n) is 1.77. The number of halogens is 4. The number of thioether (sulfide) groups is 1. The van der Waals surface area contributed by atoms with Crippen molar-refractivity contribution in [2.75, 3.05) is 0 Å². The van der Waals surface area contributed by atoms with Gasteiger partial charge in [0.1, 0.15) is 5.82 Å². The van der Waals surface area contributed by atoms with Crippen LogP contribution in [0.25, 0.3) is 0 Å². The number of rotatable bonds is 1. The van der Waals surface area contributed by atoms with Crippen LogP contribution in [-0.2, 0) is 0 Å². The summed E-state index contributed by atoms with van der Waals surface area (Å²) in [5.41, 5.74) is -3.14. The first-order valence-electron chi connectivity index (χ1n) is 3.82. The lowest BCUT2D eigenvalue weighted by Crippen LogP contribution is -2.01. The zero-order valence-corrected chi connectivity index (χ0v) is 8.39. The predicted octanol–water partition coefficient (Wildman–Crippen LogP) is 4.05. The Morgan fingerprint density at radius 1 is 1.07 bits per heavy atom. The predicted molar refractivity (Wildman–Crippen MR) is 47.8 cm³/mol. The normalized spacial score (nSPS) is 11.9. The van der Waals surface area contributed by atoms with Gasteiger partial charge in [-0.05, 0) is 48.9 Å². The minimum absolute atomic E-state index is 0.374. The van der Waals surface area contributed by atoms with Crippen molar-refractivity contribution in [3.8, 4) is 0 Å². The van der Waals surface area contributed by atoms with E-state index < -0.39 is 23.1 Å². The first-order valence-corrected chi connectivity index (χ1v) is 4.64. The minimum atomic E-state index is -4.44. The van der Waals surface area contributed by atoms with Crippen molar-refractivity contribution in [3.05, 3.63) is 29.1 Å². The molecule has 0 bridgehead atoms. The van der Waals surface area contributed by atoms with E-state index in [4.69, 9.17) is 0 Å². The maximum atomic E-state index is 13.0. The fourth-order valence-corrected chi connectivity index (χ4v) is 1.60. The van der Waals surface area contributed by atoms with Crippen molar-refractivity contribution >= 4 is 11.8 Å². The Kier molecular flexibility index (Phi) is 3.09. The molecule has 1 aromatic rings. The molecule has 1 aromatic carbocycles. The molecule has 14 heavy (non-hydrogen) atoms. The molecule has 0 fully saturated rings. The van der Waals surface area contributed by atoms with Gasteiger partial charge < -0.3 is 0 Å². The van der Waals surface area contributed by atoms with Crippen LogP contribution in [0.2, 0.25) is 0 Å². The van der Waals surface area contributed by atoms with Gasteiger partial charge in [-0.25, -0.2) is 4.39 Å². The summed E-state index contributed by atoms with van der Waals surface area (Å²) in [5, 5.41) is 0. The summed E-state index contributed by atoms with van der Waals surface area (Å²) < 4.78 is 48.9. The Labute approximate surface area is 83.3 Å². The van der Waals surface area contributed by atoms with Crippen LogP contribution in [0.5, 0.6) is 0 Å². The van der Waals surface area contributed by atoms with Gasteiger partial charge in [0.05, 0.1) is 4.90 Å². The monoisotopic (exact) mass is 224 g/mol. The Hall–Kier alpha value is -0.710. The molecule has 0 amide bonds. The third-order valence-corrected chi connectivity index (χ3v) is 2.54. The maximum absolute atomic E-state index is 13.0. The van der Waals surface area contributed by atoms with Crippen molar-refractivity contribution in [2.24, 2.45) is 0 Å². The SMILES string of the molecule is Cc1cc(F)c(SC(F)(F)F)cc1C. The van der Waals surface area contributed by atoms with Crippen LogP contribution in [-0.4, -0.2) is 5.51 Å². The van der Waals surface area contributed by atoms with Crippen molar-refractivity contribution < 1.29 is 17.6 Å². The average molecular weight is 224 g/mol.